The number of hydrogen-bond acceptors (Lipinski definition) is 3. The number of thioether (sulfide) groups is 1. The minimum absolute atomic E-state index is 0.0255. The molecule has 1 amide bonds. The third-order valence-corrected chi connectivity index (χ3v) is 3.61. The Morgan fingerprint density at radius 3 is 2.94 bits per heavy atom. The fourth-order valence-corrected chi connectivity index (χ4v) is 2.58. The van der Waals surface area contributed by atoms with Crippen molar-refractivity contribution >= 4 is 17.7 Å². The SMILES string of the molecule is O=C(NCc1ccccc1)C1CSCCN1. The molecule has 4 heteroatoms. The molecule has 1 aromatic carbocycles. The molecule has 0 bridgehead atoms. The Labute approximate surface area is 100.0 Å². The third kappa shape index (κ3) is 3.25. The quantitative estimate of drug-likeness (QED) is 0.823. The molecule has 0 aromatic heterocycles. The fourth-order valence-electron chi connectivity index (χ4n) is 1.64. The van der Waals surface area contributed by atoms with Gasteiger partial charge in [-0.15, -0.1) is 0 Å². The van der Waals surface area contributed by atoms with E-state index in [-0.39, 0.29) is 11.9 Å². The summed E-state index contributed by atoms with van der Waals surface area (Å²) < 4.78 is 0. The van der Waals surface area contributed by atoms with Gasteiger partial charge in [-0.25, -0.2) is 0 Å². The van der Waals surface area contributed by atoms with Crippen LogP contribution >= 0.6 is 11.8 Å². The molecule has 0 saturated carbocycles. The fraction of sp³-hybridized carbons (Fsp3) is 0.417. The average Bonchev–Trinajstić information content (AvgIpc) is 2.38. The molecule has 2 N–H and O–H groups in total. The lowest BCUT2D eigenvalue weighted by atomic mass is 10.2. The maximum atomic E-state index is 11.8. The zero-order valence-corrected chi connectivity index (χ0v) is 9.93. The second kappa shape index (κ2) is 5.92. The molecular weight excluding hydrogens is 220 g/mol. The predicted octanol–water partition coefficient (Wildman–Crippen LogP) is 1.01. The molecule has 1 saturated heterocycles. The van der Waals surface area contributed by atoms with Gasteiger partial charge in [-0.1, -0.05) is 30.3 Å². The van der Waals surface area contributed by atoms with E-state index < -0.39 is 0 Å². The summed E-state index contributed by atoms with van der Waals surface area (Å²) in [5, 5.41) is 6.18. The van der Waals surface area contributed by atoms with E-state index in [1.54, 1.807) is 0 Å². The summed E-state index contributed by atoms with van der Waals surface area (Å²) in [6, 6.07) is 9.95. The Balaban J connectivity index is 1.79. The lowest BCUT2D eigenvalue weighted by molar-refractivity contribution is -0.122. The van der Waals surface area contributed by atoms with Crippen LogP contribution in [-0.2, 0) is 11.3 Å². The van der Waals surface area contributed by atoms with E-state index >= 15 is 0 Å². The Hall–Kier alpha value is -1.00. The van der Waals surface area contributed by atoms with Crippen LogP contribution in [0.5, 0.6) is 0 Å². The molecule has 1 aromatic rings. The van der Waals surface area contributed by atoms with Gasteiger partial charge in [0.1, 0.15) is 0 Å². The number of amides is 1. The van der Waals surface area contributed by atoms with Crippen molar-refractivity contribution in [3.05, 3.63) is 35.9 Å². The smallest absolute Gasteiger partial charge is 0.238 e. The van der Waals surface area contributed by atoms with Crippen LogP contribution in [0.3, 0.4) is 0 Å². The van der Waals surface area contributed by atoms with E-state index in [9.17, 15) is 4.79 Å². The Bertz CT molecular complexity index is 336. The van der Waals surface area contributed by atoms with Crippen LogP contribution in [-0.4, -0.2) is 30.0 Å². The Morgan fingerprint density at radius 1 is 1.44 bits per heavy atom. The Kier molecular flexibility index (Phi) is 4.25. The monoisotopic (exact) mass is 236 g/mol. The van der Waals surface area contributed by atoms with E-state index in [0.29, 0.717) is 6.54 Å². The summed E-state index contributed by atoms with van der Waals surface area (Å²) in [5.74, 6) is 2.08. The van der Waals surface area contributed by atoms with Gasteiger partial charge in [0, 0.05) is 24.6 Å². The van der Waals surface area contributed by atoms with Gasteiger partial charge in [0.25, 0.3) is 0 Å². The topological polar surface area (TPSA) is 41.1 Å². The van der Waals surface area contributed by atoms with Crippen molar-refractivity contribution in [2.45, 2.75) is 12.6 Å². The number of carbonyl (C=O) groups is 1. The van der Waals surface area contributed by atoms with Gasteiger partial charge in [0.05, 0.1) is 6.04 Å². The first-order valence-corrected chi connectivity index (χ1v) is 6.64. The third-order valence-electron chi connectivity index (χ3n) is 2.55. The molecule has 1 aliphatic rings. The molecule has 0 aliphatic carbocycles. The summed E-state index contributed by atoms with van der Waals surface area (Å²) in [4.78, 5) is 11.8. The molecule has 1 fully saturated rings. The molecule has 3 nitrogen and oxygen atoms in total. The van der Waals surface area contributed by atoms with Gasteiger partial charge >= 0.3 is 0 Å². The first-order chi connectivity index (χ1) is 7.86. The van der Waals surface area contributed by atoms with Crippen LogP contribution in [0, 0.1) is 0 Å². The van der Waals surface area contributed by atoms with E-state index in [2.05, 4.69) is 10.6 Å². The largest absolute Gasteiger partial charge is 0.351 e. The Morgan fingerprint density at radius 2 is 2.25 bits per heavy atom. The van der Waals surface area contributed by atoms with Crippen molar-refractivity contribution in [1.29, 1.82) is 0 Å². The van der Waals surface area contributed by atoms with E-state index in [1.165, 1.54) is 0 Å². The number of nitrogens with one attached hydrogen (secondary N) is 2. The maximum absolute atomic E-state index is 11.8. The summed E-state index contributed by atoms with van der Waals surface area (Å²) in [5.41, 5.74) is 1.14. The minimum Gasteiger partial charge on any atom is -0.351 e. The van der Waals surface area contributed by atoms with Crippen molar-refractivity contribution in [2.75, 3.05) is 18.1 Å². The molecule has 1 atom stereocenters. The van der Waals surface area contributed by atoms with Crippen molar-refractivity contribution in [2.24, 2.45) is 0 Å². The second-order valence-electron chi connectivity index (χ2n) is 3.79. The second-order valence-corrected chi connectivity index (χ2v) is 4.93. The molecule has 0 spiro atoms. The summed E-state index contributed by atoms with van der Waals surface area (Å²) in [6.45, 7) is 1.54. The van der Waals surface area contributed by atoms with Gasteiger partial charge < -0.3 is 10.6 Å². The van der Waals surface area contributed by atoms with Crippen LogP contribution in [0.25, 0.3) is 0 Å². The zero-order chi connectivity index (χ0) is 11.2. The predicted molar refractivity (Wildman–Crippen MR) is 67.4 cm³/mol. The number of hydrogen-bond donors (Lipinski definition) is 2. The van der Waals surface area contributed by atoms with Crippen LogP contribution in [0.1, 0.15) is 5.56 Å². The lowest BCUT2D eigenvalue weighted by Gasteiger charge is -2.22. The van der Waals surface area contributed by atoms with Gasteiger partial charge in [-0.05, 0) is 5.56 Å². The lowest BCUT2D eigenvalue weighted by Crippen LogP contribution is -2.48. The zero-order valence-electron chi connectivity index (χ0n) is 9.11. The van der Waals surface area contributed by atoms with E-state index in [0.717, 1.165) is 23.6 Å². The highest BCUT2D eigenvalue weighted by Gasteiger charge is 2.20. The minimum atomic E-state index is -0.0255. The standard InChI is InChI=1S/C12H16N2OS/c15-12(11-9-16-7-6-13-11)14-8-10-4-2-1-3-5-10/h1-5,11,13H,6-9H2,(H,14,15). The number of benzene rings is 1. The van der Waals surface area contributed by atoms with Crippen LogP contribution < -0.4 is 10.6 Å². The van der Waals surface area contributed by atoms with Gasteiger partial charge in [0.2, 0.25) is 5.91 Å². The first kappa shape index (κ1) is 11.5. The molecule has 1 heterocycles. The molecular formula is C12H16N2OS. The van der Waals surface area contributed by atoms with E-state index in [1.807, 2.05) is 42.1 Å². The van der Waals surface area contributed by atoms with Crippen LogP contribution in [0.2, 0.25) is 0 Å². The molecule has 0 radical (unpaired) electrons. The van der Waals surface area contributed by atoms with Gasteiger partial charge in [-0.3, -0.25) is 4.79 Å². The van der Waals surface area contributed by atoms with Crippen LogP contribution in [0.4, 0.5) is 0 Å². The van der Waals surface area contributed by atoms with E-state index in [4.69, 9.17) is 0 Å². The van der Waals surface area contributed by atoms with Crippen LogP contribution in [0.15, 0.2) is 30.3 Å². The van der Waals surface area contributed by atoms with Gasteiger partial charge in [0.15, 0.2) is 0 Å². The van der Waals surface area contributed by atoms with Crippen molar-refractivity contribution in [3.63, 3.8) is 0 Å². The van der Waals surface area contributed by atoms with Crippen molar-refractivity contribution < 1.29 is 4.79 Å². The maximum Gasteiger partial charge on any atom is 0.238 e. The van der Waals surface area contributed by atoms with Crippen molar-refractivity contribution in [1.82, 2.24) is 10.6 Å². The summed E-state index contributed by atoms with van der Waals surface area (Å²) in [7, 11) is 0. The molecule has 1 unspecified atom stereocenters. The molecule has 86 valence electrons. The highest BCUT2D eigenvalue weighted by atomic mass is 32.2. The average molecular weight is 236 g/mol. The number of carbonyl (C=O) groups excluding carboxylic acids is 1. The first-order valence-electron chi connectivity index (χ1n) is 5.49. The summed E-state index contributed by atoms with van der Waals surface area (Å²) >= 11 is 1.83. The van der Waals surface area contributed by atoms with Gasteiger partial charge in [-0.2, -0.15) is 11.8 Å². The highest BCUT2D eigenvalue weighted by molar-refractivity contribution is 7.99. The van der Waals surface area contributed by atoms with Crippen molar-refractivity contribution in [3.8, 4) is 0 Å². The highest BCUT2D eigenvalue weighted by Crippen LogP contribution is 2.07. The molecule has 2 rings (SSSR count). The molecule has 16 heavy (non-hydrogen) atoms. The molecule has 1 aliphatic heterocycles. The number of rotatable bonds is 3. The summed E-state index contributed by atoms with van der Waals surface area (Å²) in [6.07, 6.45) is 0. The normalized spacial score (nSPS) is 20.4.